The van der Waals surface area contributed by atoms with Crippen LogP contribution in [0, 0.1) is 0 Å². The maximum Gasteiger partial charge on any atom is 0.120 e. The van der Waals surface area contributed by atoms with Gasteiger partial charge in [-0.1, -0.05) is 78.9 Å². The Morgan fingerprint density at radius 3 is 1.88 bits per heavy atom. The summed E-state index contributed by atoms with van der Waals surface area (Å²) in [5.41, 5.74) is 2.67. The number of rotatable bonds is 6. The molecule has 122 valence electrons. The largest absolute Gasteiger partial charge is 0.508 e. The number of hydrogen-bond acceptors (Lipinski definition) is 3. The first-order valence-electron chi connectivity index (χ1n) is 8.04. The van der Waals surface area contributed by atoms with E-state index in [1.165, 1.54) is 0 Å². The minimum absolute atomic E-state index is 0.256. The highest BCUT2D eigenvalue weighted by molar-refractivity contribution is 5.32. The van der Waals surface area contributed by atoms with Crippen molar-refractivity contribution < 1.29 is 10.2 Å². The van der Waals surface area contributed by atoms with E-state index < -0.39 is 6.10 Å². The van der Waals surface area contributed by atoms with Crippen LogP contribution in [0.25, 0.3) is 0 Å². The van der Waals surface area contributed by atoms with Gasteiger partial charge in [-0.25, -0.2) is 0 Å². The summed E-state index contributed by atoms with van der Waals surface area (Å²) in [6.07, 6.45) is -0.681. The first kappa shape index (κ1) is 16.2. The summed E-state index contributed by atoms with van der Waals surface area (Å²) in [6.45, 7) is 0.468. The minimum Gasteiger partial charge on any atom is -0.508 e. The van der Waals surface area contributed by atoms with Crippen molar-refractivity contribution >= 4 is 0 Å². The Balaban J connectivity index is 1.84. The Morgan fingerprint density at radius 1 is 0.708 bits per heavy atom. The Kier molecular flexibility index (Phi) is 5.26. The fraction of sp³-hybridized carbons (Fsp3) is 0.143. The Morgan fingerprint density at radius 2 is 1.25 bits per heavy atom. The second kappa shape index (κ2) is 7.77. The summed E-state index contributed by atoms with van der Waals surface area (Å²) in [5, 5.41) is 24.2. The smallest absolute Gasteiger partial charge is 0.120 e. The third-order valence-corrected chi connectivity index (χ3v) is 4.12. The molecule has 0 aliphatic heterocycles. The molecule has 0 bridgehead atoms. The van der Waals surface area contributed by atoms with Gasteiger partial charge in [0.25, 0.3) is 0 Å². The van der Waals surface area contributed by atoms with E-state index in [0.717, 1.165) is 16.7 Å². The Labute approximate surface area is 142 Å². The van der Waals surface area contributed by atoms with Gasteiger partial charge in [0.2, 0.25) is 0 Å². The van der Waals surface area contributed by atoms with Gasteiger partial charge >= 0.3 is 0 Å². The van der Waals surface area contributed by atoms with Crippen molar-refractivity contribution in [1.29, 1.82) is 0 Å². The molecule has 0 spiro atoms. The fourth-order valence-electron chi connectivity index (χ4n) is 2.80. The van der Waals surface area contributed by atoms with Gasteiger partial charge in [0.05, 0.1) is 12.1 Å². The summed E-state index contributed by atoms with van der Waals surface area (Å²) >= 11 is 0. The summed E-state index contributed by atoms with van der Waals surface area (Å²) < 4.78 is 0. The van der Waals surface area contributed by atoms with Gasteiger partial charge in [-0.15, -0.1) is 0 Å². The fourth-order valence-corrected chi connectivity index (χ4v) is 2.80. The number of aliphatic hydroxyl groups excluding tert-OH is 1. The molecule has 0 heterocycles. The molecule has 2 atom stereocenters. The van der Waals surface area contributed by atoms with Gasteiger partial charge in [-0.2, -0.15) is 0 Å². The quantitative estimate of drug-likeness (QED) is 0.645. The van der Waals surface area contributed by atoms with E-state index in [4.69, 9.17) is 0 Å². The zero-order valence-electron chi connectivity index (χ0n) is 13.3. The first-order chi connectivity index (χ1) is 11.8. The standard InChI is InChI=1S/C21H21NO2/c23-19-14-8-7-13-18(19)15-22-20(16-9-3-1-4-10-16)21(24)17-11-5-2-6-12-17/h1-14,20-24H,15H2/t20-,21+/m0/s1. The third-order valence-electron chi connectivity index (χ3n) is 4.12. The van der Waals surface area contributed by atoms with E-state index in [1.807, 2.05) is 72.8 Å². The second-order valence-corrected chi connectivity index (χ2v) is 5.75. The number of phenols is 1. The lowest BCUT2D eigenvalue weighted by Crippen LogP contribution is -2.27. The highest BCUT2D eigenvalue weighted by Crippen LogP contribution is 2.29. The van der Waals surface area contributed by atoms with Crippen LogP contribution in [0.4, 0.5) is 0 Å². The van der Waals surface area contributed by atoms with Gasteiger partial charge in [-0.05, 0) is 17.2 Å². The molecule has 0 aliphatic rings. The van der Waals surface area contributed by atoms with Crippen molar-refractivity contribution in [2.45, 2.75) is 18.7 Å². The predicted octanol–water partition coefficient (Wildman–Crippen LogP) is 3.96. The molecule has 3 heteroatoms. The summed E-state index contributed by atoms with van der Waals surface area (Å²) in [7, 11) is 0. The molecule has 3 aromatic carbocycles. The number of phenolic OH excluding ortho intramolecular Hbond substituents is 1. The van der Waals surface area contributed by atoms with Crippen molar-refractivity contribution in [2.24, 2.45) is 0 Å². The second-order valence-electron chi connectivity index (χ2n) is 5.75. The van der Waals surface area contributed by atoms with Crippen molar-refractivity contribution in [2.75, 3.05) is 0 Å². The molecule has 0 radical (unpaired) electrons. The molecule has 0 amide bonds. The Bertz CT molecular complexity index is 759. The van der Waals surface area contributed by atoms with Crippen LogP contribution < -0.4 is 5.32 Å². The normalized spacial score (nSPS) is 13.4. The van der Waals surface area contributed by atoms with Gasteiger partial charge in [0.15, 0.2) is 0 Å². The predicted molar refractivity (Wildman–Crippen MR) is 95.5 cm³/mol. The average molecular weight is 319 g/mol. The van der Waals surface area contributed by atoms with Crippen molar-refractivity contribution in [1.82, 2.24) is 5.32 Å². The lowest BCUT2D eigenvalue weighted by molar-refractivity contribution is 0.127. The van der Waals surface area contributed by atoms with Gasteiger partial charge < -0.3 is 15.5 Å². The molecule has 0 saturated heterocycles. The van der Waals surface area contributed by atoms with Crippen molar-refractivity contribution in [3.05, 3.63) is 102 Å². The average Bonchev–Trinajstić information content (AvgIpc) is 2.65. The van der Waals surface area contributed by atoms with E-state index in [0.29, 0.717) is 6.54 Å². The van der Waals surface area contributed by atoms with Crippen LogP contribution in [-0.2, 0) is 6.54 Å². The van der Waals surface area contributed by atoms with Crippen LogP contribution in [-0.4, -0.2) is 10.2 Å². The highest BCUT2D eigenvalue weighted by atomic mass is 16.3. The highest BCUT2D eigenvalue weighted by Gasteiger charge is 2.22. The molecular formula is C21H21NO2. The molecule has 3 nitrogen and oxygen atoms in total. The van der Waals surface area contributed by atoms with Crippen LogP contribution in [0.5, 0.6) is 5.75 Å². The first-order valence-corrected chi connectivity index (χ1v) is 8.04. The zero-order valence-corrected chi connectivity index (χ0v) is 13.3. The van der Waals surface area contributed by atoms with Gasteiger partial charge in [0, 0.05) is 12.1 Å². The van der Waals surface area contributed by atoms with Crippen LogP contribution in [0.2, 0.25) is 0 Å². The SMILES string of the molecule is Oc1ccccc1CN[C@@H](c1ccccc1)[C@H](O)c1ccccc1. The van der Waals surface area contributed by atoms with Gasteiger partial charge in [-0.3, -0.25) is 0 Å². The van der Waals surface area contributed by atoms with E-state index >= 15 is 0 Å². The number of hydrogen-bond donors (Lipinski definition) is 3. The molecular weight excluding hydrogens is 298 g/mol. The minimum atomic E-state index is -0.681. The summed E-state index contributed by atoms with van der Waals surface area (Å²) in [5.74, 6) is 0.256. The number of nitrogens with one attached hydrogen (secondary N) is 1. The molecule has 0 aromatic heterocycles. The number of aromatic hydroxyl groups is 1. The van der Waals surface area contributed by atoms with Crippen molar-refractivity contribution in [3.63, 3.8) is 0 Å². The Hall–Kier alpha value is -2.62. The topological polar surface area (TPSA) is 52.5 Å². The molecule has 24 heavy (non-hydrogen) atoms. The molecule has 0 saturated carbocycles. The molecule has 3 rings (SSSR count). The van der Waals surface area contributed by atoms with Crippen LogP contribution in [0.15, 0.2) is 84.9 Å². The van der Waals surface area contributed by atoms with E-state index in [9.17, 15) is 10.2 Å². The molecule has 0 fully saturated rings. The lowest BCUT2D eigenvalue weighted by Gasteiger charge is -2.25. The van der Waals surface area contributed by atoms with Crippen LogP contribution in [0.3, 0.4) is 0 Å². The van der Waals surface area contributed by atoms with E-state index in [2.05, 4.69) is 5.32 Å². The molecule has 3 aromatic rings. The third kappa shape index (κ3) is 3.82. The summed E-state index contributed by atoms with van der Waals surface area (Å²) in [6, 6.07) is 26.4. The number of aliphatic hydroxyl groups is 1. The summed E-state index contributed by atoms with van der Waals surface area (Å²) in [4.78, 5) is 0. The monoisotopic (exact) mass is 319 g/mol. The molecule has 3 N–H and O–H groups in total. The van der Waals surface area contributed by atoms with E-state index in [1.54, 1.807) is 12.1 Å². The molecule has 0 unspecified atom stereocenters. The molecule has 0 aliphatic carbocycles. The van der Waals surface area contributed by atoms with E-state index in [-0.39, 0.29) is 11.8 Å². The van der Waals surface area contributed by atoms with Crippen LogP contribution >= 0.6 is 0 Å². The maximum atomic E-state index is 10.9. The lowest BCUT2D eigenvalue weighted by atomic mass is 9.95. The van der Waals surface area contributed by atoms with Gasteiger partial charge in [0.1, 0.15) is 5.75 Å². The van der Waals surface area contributed by atoms with Crippen LogP contribution in [0.1, 0.15) is 28.8 Å². The van der Waals surface area contributed by atoms with Crippen molar-refractivity contribution in [3.8, 4) is 5.75 Å². The number of para-hydroxylation sites is 1. The number of benzene rings is 3. The maximum absolute atomic E-state index is 10.9. The zero-order chi connectivity index (χ0) is 16.8.